The molecule has 2 fully saturated rings. The van der Waals surface area contributed by atoms with Gasteiger partial charge in [0.2, 0.25) is 5.91 Å². The molecular weight excluding hydrogens is 327 g/mol. The van der Waals surface area contributed by atoms with Crippen molar-refractivity contribution >= 4 is 33.3 Å². The van der Waals surface area contributed by atoms with E-state index in [0.717, 1.165) is 54.8 Å². The molecule has 7 heteroatoms. The smallest absolute Gasteiger partial charge is 0.223 e. The topological polar surface area (TPSA) is 49.3 Å². The number of nitrogens with zero attached hydrogens (tertiary/aromatic N) is 4. The molecule has 24 heavy (non-hydrogen) atoms. The number of likely N-dealkylation sites (tertiary alicyclic amines) is 1. The van der Waals surface area contributed by atoms with Gasteiger partial charge in [-0.2, -0.15) is 0 Å². The van der Waals surface area contributed by atoms with Crippen LogP contribution in [0.25, 0.3) is 10.2 Å². The first-order valence-electron chi connectivity index (χ1n) is 8.53. The third kappa shape index (κ3) is 2.55. The standard InChI is InChI=1S/C17H21FN4OS/c18-7-10-22-14(23)2-5-17(22)4-1-8-21(9-6-17)16-15-13(3-11-24-15)19-12-20-16/h3,11-12H,1-2,4-10H2/t17-/m0/s1. The van der Waals surface area contributed by atoms with Gasteiger partial charge in [0, 0.05) is 31.6 Å². The van der Waals surface area contributed by atoms with E-state index < -0.39 is 6.67 Å². The van der Waals surface area contributed by atoms with Gasteiger partial charge < -0.3 is 9.80 Å². The number of aromatic nitrogens is 2. The Hall–Kier alpha value is -1.76. The fourth-order valence-electron chi connectivity index (χ4n) is 4.23. The van der Waals surface area contributed by atoms with Crippen molar-refractivity contribution < 1.29 is 9.18 Å². The van der Waals surface area contributed by atoms with Gasteiger partial charge in [-0.15, -0.1) is 11.3 Å². The van der Waals surface area contributed by atoms with Crippen LogP contribution in [-0.2, 0) is 4.79 Å². The van der Waals surface area contributed by atoms with Crippen LogP contribution in [0.2, 0.25) is 0 Å². The molecule has 4 heterocycles. The summed E-state index contributed by atoms with van der Waals surface area (Å²) >= 11 is 1.67. The van der Waals surface area contributed by atoms with Crippen LogP contribution < -0.4 is 4.90 Å². The lowest BCUT2D eigenvalue weighted by Crippen LogP contribution is -2.47. The molecule has 0 N–H and O–H groups in total. The van der Waals surface area contributed by atoms with Crippen molar-refractivity contribution in [1.29, 1.82) is 0 Å². The minimum Gasteiger partial charge on any atom is -0.355 e. The zero-order valence-electron chi connectivity index (χ0n) is 13.6. The summed E-state index contributed by atoms with van der Waals surface area (Å²) in [5.74, 6) is 1.11. The van der Waals surface area contributed by atoms with E-state index in [1.807, 2.05) is 16.3 Å². The Balaban J connectivity index is 1.58. The average Bonchev–Trinajstić information content (AvgIpc) is 3.11. The molecule has 128 valence electrons. The number of amides is 1. The Bertz CT molecular complexity index is 751. The number of thiophene rings is 1. The Morgan fingerprint density at radius 1 is 1.25 bits per heavy atom. The summed E-state index contributed by atoms with van der Waals surface area (Å²) in [7, 11) is 0. The van der Waals surface area contributed by atoms with Gasteiger partial charge in [0.15, 0.2) is 0 Å². The highest BCUT2D eigenvalue weighted by Gasteiger charge is 2.45. The number of anilines is 1. The molecule has 0 aromatic carbocycles. The van der Waals surface area contributed by atoms with E-state index >= 15 is 0 Å². The van der Waals surface area contributed by atoms with E-state index in [4.69, 9.17) is 0 Å². The van der Waals surface area contributed by atoms with E-state index in [2.05, 4.69) is 14.9 Å². The Morgan fingerprint density at radius 2 is 2.17 bits per heavy atom. The molecule has 4 rings (SSSR count). The number of rotatable bonds is 3. The van der Waals surface area contributed by atoms with Crippen LogP contribution in [0.1, 0.15) is 32.1 Å². The first kappa shape index (κ1) is 15.7. The summed E-state index contributed by atoms with van der Waals surface area (Å²) in [6.45, 7) is 1.55. The minimum atomic E-state index is -0.459. The Kier molecular flexibility index (Phi) is 4.12. The van der Waals surface area contributed by atoms with Crippen molar-refractivity contribution in [1.82, 2.24) is 14.9 Å². The summed E-state index contributed by atoms with van der Waals surface area (Å²) in [6, 6.07) is 2.02. The van der Waals surface area contributed by atoms with Crippen molar-refractivity contribution in [2.24, 2.45) is 0 Å². The zero-order chi connectivity index (χ0) is 16.6. The second-order valence-corrected chi connectivity index (χ2v) is 7.55. The van der Waals surface area contributed by atoms with E-state index in [9.17, 15) is 9.18 Å². The maximum absolute atomic E-state index is 12.9. The molecule has 5 nitrogen and oxygen atoms in total. The molecule has 1 spiro atoms. The molecule has 1 amide bonds. The lowest BCUT2D eigenvalue weighted by Gasteiger charge is -2.37. The van der Waals surface area contributed by atoms with E-state index in [0.29, 0.717) is 6.42 Å². The summed E-state index contributed by atoms with van der Waals surface area (Å²) in [4.78, 5) is 25.1. The van der Waals surface area contributed by atoms with Gasteiger partial charge in [0.05, 0.1) is 10.2 Å². The van der Waals surface area contributed by atoms with E-state index in [1.54, 1.807) is 17.7 Å². The predicted octanol–water partition coefficient (Wildman–Crippen LogP) is 3.01. The summed E-state index contributed by atoms with van der Waals surface area (Å²) in [5, 5.41) is 2.04. The predicted molar refractivity (Wildman–Crippen MR) is 93.1 cm³/mol. The lowest BCUT2D eigenvalue weighted by molar-refractivity contribution is -0.131. The van der Waals surface area contributed by atoms with Crippen LogP contribution in [0.5, 0.6) is 0 Å². The van der Waals surface area contributed by atoms with Crippen molar-refractivity contribution in [3.63, 3.8) is 0 Å². The number of hydrogen-bond donors (Lipinski definition) is 0. The normalized spacial score (nSPS) is 25.0. The largest absolute Gasteiger partial charge is 0.355 e. The third-order valence-corrected chi connectivity index (χ3v) is 6.33. The van der Waals surface area contributed by atoms with Gasteiger partial charge in [-0.05, 0) is 37.1 Å². The Morgan fingerprint density at radius 3 is 3.04 bits per heavy atom. The molecule has 2 aromatic heterocycles. The highest BCUT2D eigenvalue weighted by Crippen LogP contribution is 2.40. The molecule has 2 aliphatic heterocycles. The van der Waals surface area contributed by atoms with Crippen LogP contribution in [0, 0.1) is 0 Å². The van der Waals surface area contributed by atoms with Crippen molar-refractivity contribution in [2.75, 3.05) is 31.2 Å². The van der Waals surface area contributed by atoms with Crippen molar-refractivity contribution in [3.8, 4) is 0 Å². The molecule has 2 saturated heterocycles. The number of carbonyl (C=O) groups is 1. The first-order chi connectivity index (χ1) is 11.7. The van der Waals surface area contributed by atoms with Crippen LogP contribution in [0.3, 0.4) is 0 Å². The molecular formula is C17H21FN4OS. The molecule has 0 unspecified atom stereocenters. The molecule has 1 atom stereocenters. The SMILES string of the molecule is O=C1CC[C@]2(CCCN(c3ncnc4ccsc34)CC2)N1CCF. The summed E-state index contributed by atoms with van der Waals surface area (Å²) in [5.41, 5.74) is 0.832. The number of carbonyl (C=O) groups excluding carboxylic acids is 1. The number of alkyl halides is 1. The fourth-order valence-corrected chi connectivity index (χ4v) is 5.09. The van der Waals surface area contributed by atoms with Gasteiger partial charge in [-0.3, -0.25) is 4.79 Å². The fraction of sp³-hybridized carbons (Fsp3) is 0.588. The minimum absolute atomic E-state index is 0.115. The van der Waals surface area contributed by atoms with Gasteiger partial charge >= 0.3 is 0 Å². The van der Waals surface area contributed by atoms with Crippen molar-refractivity contribution in [2.45, 2.75) is 37.6 Å². The number of fused-ring (bicyclic) bond motifs is 1. The van der Waals surface area contributed by atoms with Gasteiger partial charge in [0.1, 0.15) is 18.8 Å². The van der Waals surface area contributed by atoms with Crippen LogP contribution in [-0.4, -0.2) is 52.6 Å². The molecule has 2 aliphatic rings. The first-order valence-corrected chi connectivity index (χ1v) is 9.41. The second kappa shape index (κ2) is 6.27. The average molecular weight is 348 g/mol. The maximum atomic E-state index is 12.9. The summed E-state index contributed by atoms with van der Waals surface area (Å²) < 4.78 is 14.0. The number of hydrogen-bond acceptors (Lipinski definition) is 5. The number of halogens is 1. The highest BCUT2D eigenvalue weighted by molar-refractivity contribution is 7.17. The third-order valence-electron chi connectivity index (χ3n) is 5.43. The van der Waals surface area contributed by atoms with Crippen LogP contribution in [0.4, 0.5) is 10.2 Å². The summed E-state index contributed by atoms with van der Waals surface area (Å²) in [6.07, 6.45) is 5.87. The van der Waals surface area contributed by atoms with E-state index in [1.165, 1.54) is 0 Å². The Labute approximate surface area is 144 Å². The van der Waals surface area contributed by atoms with Crippen molar-refractivity contribution in [3.05, 3.63) is 17.8 Å². The quantitative estimate of drug-likeness (QED) is 0.856. The molecule has 0 aliphatic carbocycles. The van der Waals surface area contributed by atoms with Gasteiger partial charge in [0.25, 0.3) is 0 Å². The van der Waals surface area contributed by atoms with E-state index in [-0.39, 0.29) is 18.0 Å². The zero-order valence-corrected chi connectivity index (χ0v) is 14.4. The second-order valence-electron chi connectivity index (χ2n) is 6.63. The monoisotopic (exact) mass is 348 g/mol. The molecule has 0 radical (unpaired) electrons. The molecule has 0 bridgehead atoms. The van der Waals surface area contributed by atoms with Crippen LogP contribution >= 0.6 is 11.3 Å². The maximum Gasteiger partial charge on any atom is 0.223 e. The van der Waals surface area contributed by atoms with Crippen LogP contribution in [0.15, 0.2) is 17.8 Å². The lowest BCUT2D eigenvalue weighted by atomic mass is 9.88. The highest BCUT2D eigenvalue weighted by atomic mass is 32.1. The molecule has 2 aromatic rings. The van der Waals surface area contributed by atoms with Gasteiger partial charge in [-0.25, -0.2) is 14.4 Å². The van der Waals surface area contributed by atoms with Gasteiger partial charge in [-0.1, -0.05) is 0 Å². The molecule has 0 saturated carbocycles.